The van der Waals surface area contributed by atoms with Crippen molar-refractivity contribution < 1.29 is 0 Å². The normalized spacial score (nSPS) is 10.8. The Morgan fingerprint density at radius 1 is 1.29 bits per heavy atom. The molecule has 5 nitrogen and oxygen atoms in total. The van der Waals surface area contributed by atoms with Gasteiger partial charge in [-0.1, -0.05) is 22.9 Å². The van der Waals surface area contributed by atoms with Crippen LogP contribution in [0.15, 0.2) is 42.7 Å². The zero-order valence-corrected chi connectivity index (χ0v) is 12.2. The smallest absolute Gasteiger partial charge is 0.105 e. The number of halogens is 1. The lowest BCUT2D eigenvalue weighted by molar-refractivity contribution is 0.795. The molecule has 0 amide bonds. The predicted octanol–water partition coefficient (Wildman–Crippen LogP) is 2.75. The summed E-state index contributed by atoms with van der Waals surface area (Å²) in [4.78, 5) is 4.16. The largest absolute Gasteiger partial charge is 0.325 e. The van der Waals surface area contributed by atoms with Gasteiger partial charge >= 0.3 is 0 Å². The zero-order chi connectivity index (χ0) is 14.8. The summed E-state index contributed by atoms with van der Waals surface area (Å²) in [5.41, 5.74) is 10.2. The molecule has 0 bridgehead atoms. The Labute approximate surface area is 127 Å². The van der Waals surface area contributed by atoms with Gasteiger partial charge < -0.3 is 5.73 Å². The second-order valence-electron chi connectivity index (χ2n) is 4.67. The first-order chi connectivity index (χ1) is 10.2. The predicted molar refractivity (Wildman–Crippen MR) is 82.2 cm³/mol. The molecule has 0 aliphatic carbocycles. The quantitative estimate of drug-likeness (QED) is 0.807. The summed E-state index contributed by atoms with van der Waals surface area (Å²) in [6, 6.07) is 9.50. The first-order valence-corrected chi connectivity index (χ1v) is 6.90. The van der Waals surface area contributed by atoms with Gasteiger partial charge in [-0.2, -0.15) is 0 Å². The minimum atomic E-state index is 0.309. The average molecular weight is 300 g/mol. The molecule has 0 saturated heterocycles. The number of benzene rings is 1. The van der Waals surface area contributed by atoms with E-state index in [9.17, 15) is 0 Å². The monoisotopic (exact) mass is 299 g/mol. The third-order valence-corrected chi connectivity index (χ3v) is 3.50. The summed E-state index contributed by atoms with van der Waals surface area (Å²) in [6.45, 7) is 2.31. The first-order valence-electron chi connectivity index (χ1n) is 6.52. The van der Waals surface area contributed by atoms with Crippen molar-refractivity contribution in [2.45, 2.75) is 13.5 Å². The SMILES string of the molecule is Cc1ccc(Cl)cc1-n1nnc(CN)c1-c1cccnc1. The number of nitrogens with two attached hydrogens (primary N) is 1. The van der Waals surface area contributed by atoms with Gasteiger partial charge in [0, 0.05) is 29.5 Å². The van der Waals surface area contributed by atoms with E-state index in [1.165, 1.54) is 0 Å². The molecule has 0 saturated carbocycles. The fraction of sp³-hybridized carbons (Fsp3) is 0.133. The lowest BCUT2D eigenvalue weighted by atomic mass is 10.1. The topological polar surface area (TPSA) is 69.6 Å². The van der Waals surface area contributed by atoms with Crippen molar-refractivity contribution in [2.75, 3.05) is 0 Å². The fourth-order valence-corrected chi connectivity index (χ4v) is 2.39. The molecular weight excluding hydrogens is 286 g/mol. The first kappa shape index (κ1) is 13.7. The van der Waals surface area contributed by atoms with Gasteiger partial charge in [0.2, 0.25) is 0 Å². The van der Waals surface area contributed by atoms with Crippen LogP contribution in [0.3, 0.4) is 0 Å². The van der Waals surface area contributed by atoms with Gasteiger partial charge in [-0.3, -0.25) is 4.98 Å². The molecule has 6 heteroatoms. The standard InChI is InChI=1S/C15H14ClN5/c1-10-4-5-12(16)7-14(10)21-15(13(8-17)19-20-21)11-3-2-6-18-9-11/h2-7,9H,8,17H2,1H3. The van der Waals surface area contributed by atoms with Crippen LogP contribution in [0.5, 0.6) is 0 Å². The highest BCUT2D eigenvalue weighted by Crippen LogP contribution is 2.27. The molecule has 0 fully saturated rings. The van der Waals surface area contributed by atoms with Crippen LogP contribution in [0.1, 0.15) is 11.3 Å². The van der Waals surface area contributed by atoms with Gasteiger partial charge in [-0.05, 0) is 36.8 Å². The van der Waals surface area contributed by atoms with E-state index in [1.807, 2.05) is 37.3 Å². The van der Waals surface area contributed by atoms with E-state index in [4.69, 9.17) is 17.3 Å². The van der Waals surface area contributed by atoms with Crippen molar-refractivity contribution in [3.63, 3.8) is 0 Å². The van der Waals surface area contributed by atoms with Crippen LogP contribution in [0.2, 0.25) is 5.02 Å². The minimum Gasteiger partial charge on any atom is -0.325 e. The Balaban J connectivity index is 2.25. The highest BCUT2D eigenvalue weighted by Gasteiger charge is 2.16. The number of rotatable bonds is 3. The van der Waals surface area contributed by atoms with Crippen molar-refractivity contribution in [1.29, 1.82) is 0 Å². The number of nitrogens with zero attached hydrogens (tertiary/aromatic N) is 4. The van der Waals surface area contributed by atoms with E-state index in [0.29, 0.717) is 11.6 Å². The summed E-state index contributed by atoms with van der Waals surface area (Å²) in [5, 5.41) is 9.06. The molecule has 0 atom stereocenters. The van der Waals surface area contributed by atoms with Crippen LogP contribution in [-0.2, 0) is 6.54 Å². The van der Waals surface area contributed by atoms with Gasteiger partial charge in [-0.15, -0.1) is 5.10 Å². The Hall–Kier alpha value is -2.24. The molecule has 0 radical (unpaired) electrons. The maximum atomic E-state index is 6.11. The molecule has 3 rings (SSSR count). The number of pyridine rings is 1. The molecule has 2 N–H and O–H groups in total. The van der Waals surface area contributed by atoms with E-state index >= 15 is 0 Å². The minimum absolute atomic E-state index is 0.309. The van der Waals surface area contributed by atoms with Crippen molar-refractivity contribution in [3.05, 3.63) is 59.0 Å². The van der Waals surface area contributed by atoms with E-state index < -0.39 is 0 Å². The second kappa shape index (κ2) is 5.63. The highest BCUT2D eigenvalue weighted by atomic mass is 35.5. The number of aryl methyl sites for hydroxylation is 1. The summed E-state index contributed by atoms with van der Waals surface area (Å²) in [7, 11) is 0. The van der Waals surface area contributed by atoms with Gasteiger partial charge in [0.1, 0.15) is 11.4 Å². The molecule has 2 aromatic heterocycles. The Morgan fingerprint density at radius 2 is 2.14 bits per heavy atom. The fourth-order valence-electron chi connectivity index (χ4n) is 2.22. The zero-order valence-electron chi connectivity index (χ0n) is 11.5. The summed E-state index contributed by atoms with van der Waals surface area (Å²) < 4.78 is 1.76. The van der Waals surface area contributed by atoms with Gasteiger partial charge in [0.05, 0.1) is 5.69 Å². The average Bonchev–Trinajstić information content (AvgIpc) is 2.94. The maximum absolute atomic E-state index is 6.11. The van der Waals surface area contributed by atoms with Gasteiger partial charge in [0.15, 0.2) is 0 Å². The molecule has 0 aliphatic heterocycles. The van der Waals surface area contributed by atoms with E-state index in [-0.39, 0.29) is 0 Å². The molecule has 0 spiro atoms. The van der Waals surface area contributed by atoms with Crippen LogP contribution in [0, 0.1) is 6.92 Å². The second-order valence-corrected chi connectivity index (χ2v) is 5.11. The van der Waals surface area contributed by atoms with Crippen LogP contribution < -0.4 is 5.73 Å². The van der Waals surface area contributed by atoms with Crippen molar-refractivity contribution in [3.8, 4) is 16.9 Å². The van der Waals surface area contributed by atoms with Gasteiger partial charge in [-0.25, -0.2) is 4.68 Å². The molecule has 21 heavy (non-hydrogen) atoms. The Bertz CT molecular complexity index is 767. The van der Waals surface area contributed by atoms with Crippen molar-refractivity contribution in [1.82, 2.24) is 20.0 Å². The number of aromatic nitrogens is 4. The highest BCUT2D eigenvalue weighted by molar-refractivity contribution is 6.30. The molecule has 106 valence electrons. The molecule has 1 aromatic carbocycles. The third-order valence-electron chi connectivity index (χ3n) is 3.27. The van der Waals surface area contributed by atoms with E-state index in [0.717, 1.165) is 28.2 Å². The molecule has 0 aliphatic rings. The Morgan fingerprint density at radius 3 is 2.86 bits per heavy atom. The van der Waals surface area contributed by atoms with E-state index in [2.05, 4.69) is 15.3 Å². The third kappa shape index (κ3) is 2.53. The summed E-state index contributed by atoms with van der Waals surface area (Å²) in [6.07, 6.45) is 3.50. The van der Waals surface area contributed by atoms with Crippen molar-refractivity contribution >= 4 is 11.6 Å². The maximum Gasteiger partial charge on any atom is 0.105 e. The lowest BCUT2D eigenvalue weighted by Gasteiger charge is -2.10. The number of hydrogen-bond donors (Lipinski definition) is 1. The molecule has 0 unspecified atom stereocenters. The molecular formula is C15H14ClN5. The molecule has 3 aromatic rings. The number of hydrogen-bond acceptors (Lipinski definition) is 4. The lowest BCUT2D eigenvalue weighted by Crippen LogP contribution is -2.04. The van der Waals surface area contributed by atoms with Gasteiger partial charge in [0.25, 0.3) is 0 Å². The summed E-state index contributed by atoms with van der Waals surface area (Å²) in [5.74, 6) is 0. The molecule has 2 heterocycles. The van der Waals surface area contributed by atoms with E-state index in [1.54, 1.807) is 17.1 Å². The van der Waals surface area contributed by atoms with Crippen LogP contribution in [0.25, 0.3) is 16.9 Å². The van der Waals surface area contributed by atoms with Crippen molar-refractivity contribution in [2.24, 2.45) is 5.73 Å². The Kier molecular flexibility index (Phi) is 3.68. The van der Waals surface area contributed by atoms with Crippen LogP contribution >= 0.6 is 11.6 Å². The van der Waals surface area contributed by atoms with Crippen LogP contribution in [-0.4, -0.2) is 20.0 Å². The summed E-state index contributed by atoms with van der Waals surface area (Å²) >= 11 is 6.11. The van der Waals surface area contributed by atoms with Crippen LogP contribution in [0.4, 0.5) is 0 Å².